The number of hydrogen-bond donors (Lipinski definition) is 2. The van der Waals surface area contributed by atoms with Crippen molar-refractivity contribution >= 4 is 23.0 Å². The molecule has 9 heteroatoms. The molecule has 1 saturated heterocycles. The Bertz CT molecular complexity index is 820. The van der Waals surface area contributed by atoms with Gasteiger partial charge in [-0.2, -0.15) is 13.2 Å². The summed E-state index contributed by atoms with van der Waals surface area (Å²) in [6.07, 6.45) is 0.576. The fraction of sp³-hybridized carbons (Fsp3) is 0.429. The largest absolute Gasteiger partial charge is 0.468 e. The van der Waals surface area contributed by atoms with Gasteiger partial charge in [0.15, 0.2) is 6.61 Å². The number of alkyl halides is 3. The Morgan fingerprint density at radius 1 is 1.10 bits per heavy atom. The van der Waals surface area contributed by atoms with E-state index in [9.17, 15) is 18.0 Å². The molecule has 2 N–H and O–H groups in total. The van der Waals surface area contributed by atoms with Crippen LogP contribution in [0.5, 0.6) is 5.88 Å². The van der Waals surface area contributed by atoms with E-state index in [0.717, 1.165) is 18.8 Å². The summed E-state index contributed by atoms with van der Waals surface area (Å²) in [6.45, 7) is 2.40. The van der Waals surface area contributed by atoms with Gasteiger partial charge in [-0.3, -0.25) is 4.79 Å². The van der Waals surface area contributed by atoms with E-state index in [1.807, 2.05) is 24.3 Å². The lowest BCUT2D eigenvalue weighted by atomic mass is 10.1. The zero-order chi connectivity index (χ0) is 21.6. The average molecular weight is 422 g/mol. The fourth-order valence-corrected chi connectivity index (χ4v) is 3.18. The van der Waals surface area contributed by atoms with Gasteiger partial charge >= 0.3 is 6.18 Å². The van der Waals surface area contributed by atoms with Gasteiger partial charge in [-0.25, -0.2) is 4.98 Å². The maximum atomic E-state index is 12.4. The average Bonchev–Trinajstić information content (AvgIpc) is 2.74. The molecule has 2 aromatic rings. The minimum atomic E-state index is -4.42. The monoisotopic (exact) mass is 422 g/mol. The molecule has 0 radical (unpaired) electrons. The van der Waals surface area contributed by atoms with Gasteiger partial charge in [0.2, 0.25) is 11.8 Å². The number of amides is 1. The van der Waals surface area contributed by atoms with E-state index in [-0.39, 0.29) is 11.8 Å². The lowest BCUT2D eigenvalue weighted by Gasteiger charge is -2.28. The number of aromatic nitrogens is 1. The van der Waals surface area contributed by atoms with Crippen molar-refractivity contribution in [1.29, 1.82) is 0 Å². The molecular weight excluding hydrogens is 397 g/mol. The van der Waals surface area contributed by atoms with Crippen LogP contribution in [-0.2, 0) is 4.79 Å². The van der Waals surface area contributed by atoms with Gasteiger partial charge in [0.25, 0.3) is 0 Å². The third-order valence-corrected chi connectivity index (χ3v) is 4.75. The number of pyridine rings is 1. The minimum absolute atomic E-state index is 0.135. The highest BCUT2D eigenvalue weighted by molar-refractivity contribution is 5.96. The van der Waals surface area contributed by atoms with E-state index in [1.54, 1.807) is 6.92 Å². The minimum Gasteiger partial charge on any atom is -0.468 e. The predicted octanol–water partition coefficient (Wildman–Crippen LogP) is 4.45. The second-order valence-electron chi connectivity index (χ2n) is 7.24. The topological polar surface area (TPSA) is 66.5 Å². The van der Waals surface area contributed by atoms with E-state index in [1.165, 1.54) is 37.6 Å². The van der Waals surface area contributed by atoms with Gasteiger partial charge < -0.3 is 20.3 Å². The molecule has 30 heavy (non-hydrogen) atoms. The molecule has 1 aromatic carbocycles. The van der Waals surface area contributed by atoms with Crippen LogP contribution in [0.3, 0.4) is 0 Å². The highest BCUT2D eigenvalue weighted by atomic mass is 19.4. The normalized spacial score (nSPS) is 15.4. The maximum Gasteiger partial charge on any atom is 0.422 e. The molecule has 0 bridgehead atoms. The summed E-state index contributed by atoms with van der Waals surface area (Å²) >= 11 is 0. The number of nitrogens with zero attached hydrogens (tertiary/aromatic N) is 2. The number of hydrogen-bond acceptors (Lipinski definition) is 5. The molecule has 1 aliphatic rings. The molecule has 0 aliphatic carbocycles. The number of benzene rings is 1. The number of piperidine rings is 1. The molecule has 162 valence electrons. The van der Waals surface area contributed by atoms with E-state index in [0.29, 0.717) is 11.4 Å². The maximum absolute atomic E-state index is 12.4. The van der Waals surface area contributed by atoms with Gasteiger partial charge in [0.1, 0.15) is 6.04 Å². The SMILES string of the molecule is CC(Nc1ccc(OCC(F)(F)F)nc1)C(=O)Nc1ccc(N2CCCCC2)cc1. The summed E-state index contributed by atoms with van der Waals surface area (Å²) in [5.74, 6) is -0.373. The quantitative estimate of drug-likeness (QED) is 0.690. The van der Waals surface area contributed by atoms with Gasteiger partial charge in [0, 0.05) is 30.5 Å². The standard InChI is InChI=1S/C21H25F3N4O2/c1-15(26-17-7-10-19(25-13-17)30-14-21(22,23)24)20(29)27-16-5-8-18(9-6-16)28-11-3-2-4-12-28/h5-10,13,15,26H,2-4,11-12,14H2,1H3,(H,27,29). The van der Waals surface area contributed by atoms with E-state index in [4.69, 9.17) is 0 Å². The number of carbonyl (C=O) groups excluding carboxylic acids is 1. The molecule has 2 heterocycles. The molecule has 1 aliphatic heterocycles. The van der Waals surface area contributed by atoms with Crippen molar-refractivity contribution in [3.63, 3.8) is 0 Å². The van der Waals surface area contributed by atoms with Crippen molar-refractivity contribution in [2.75, 3.05) is 35.2 Å². The Morgan fingerprint density at radius 2 is 1.77 bits per heavy atom. The molecular formula is C21H25F3N4O2. The Morgan fingerprint density at radius 3 is 2.37 bits per heavy atom. The summed E-state index contributed by atoms with van der Waals surface area (Å²) in [6, 6.07) is 10.0. The van der Waals surface area contributed by atoms with Crippen molar-refractivity contribution in [3.05, 3.63) is 42.6 Å². The fourth-order valence-electron chi connectivity index (χ4n) is 3.18. The van der Waals surface area contributed by atoms with Crippen LogP contribution in [0, 0.1) is 0 Å². The van der Waals surface area contributed by atoms with Crippen LogP contribution in [0.4, 0.5) is 30.2 Å². The zero-order valence-corrected chi connectivity index (χ0v) is 16.7. The number of nitrogens with one attached hydrogen (secondary N) is 2. The first-order valence-corrected chi connectivity index (χ1v) is 9.88. The third kappa shape index (κ3) is 6.53. The van der Waals surface area contributed by atoms with Gasteiger partial charge in [-0.1, -0.05) is 0 Å². The smallest absolute Gasteiger partial charge is 0.422 e. The van der Waals surface area contributed by atoms with Crippen LogP contribution >= 0.6 is 0 Å². The zero-order valence-electron chi connectivity index (χ0n) is 16.7. The predicted molar refractivity (Wildman–Crippen MR) is 110 cm³/mol. The van der Waals surface area contributed by atoms with Crippen molar-refractivity contribution in [2.45, 2.75) is 38.4 Å². The van der Waals surface area contributed by atoms with Crippen LogP contribution in [0.2, 0.25) is 0 Å². The summed E-state index contributed by atoms with van der Waals surface area (Å²) in [5, 5.41) is 5.81. The molecule has 1 atom stereocenters. The highest BCUT2D eigenvalue weighted by Gasteiger charge is 2.28. The first kappa shape index (κ1) is 21.7. The van der Waals surface area contributed by atoms with Crippen LogP contribution in [0.25, 0.3) is 0 Å². The Hall–Kier alpha value is -2.97. The number of halogens is 3. The Balaban J connectivity index is 1.49. The molecule has 0 saturated carbocycles. The molecule has 3 rings (SSSR count). The number of rotatable bonds is 7. The van der Waals surface area contributed by atoms with Crippen molar-refractivity contribution in [3.8, 4) is 5.88 Å². The van der Waals surface area contributed by atoms with E-state index >= 15 is 0 Å². The van der Waals surface area contributed by atoms with Crippen LogP contribution in [-0.4, -0.2) is 42.8 Å². The van der Waals surface area contributed by atoms with Crippen molar-refractivity contribution in [2.24, 2.45) is 0 Å². The first-order valence-electron chi connectivity index (χ1n) is 9.88. The van der Waals surface area contributed by atoms with Crippen molar-refractivity contribution < 1.29 is 22.7 Å². The lowest BCUT2D eigenvalue weighted by molar-refractivity contribution is -0.154. The molecule has 1 fully saturated rings. The molecule has 0 spiro atoms. The highest BCUT2D eigenvalue weighted by Crippen LogP contribution is 2.22. The van der Waals surface area contributed by atoms with Gasteiger partial charge in [-0.05, 0) is 56.5 Å². The Labute approximate surface area is 173 Å². The second-order valence-corrected chi connectivity index (χ2v) is 7.24. The molecule has 6 nitrogen and oxygen atoms in total. The van der Waals surface area contributed by atoms with Crippen LogP contribution < -0.4 is 20.3 Å². The number of anilines is 3. The second kappa shape index (κ2) is 9.69. The van der Waals surface area contributed by atoms with Crippen LogP contribution in [0.15, 0.2) is 42.6 Å². The molecule has 1 amide bonds. The van der Waals surface area contributed by atoms with Gasteiger partial charge in [0.05, 0.1) is 11.9 Å². The summed E-state index contributed by atoms with van der Waals surface area (Å²) in [7, 11) is 0. The van der Waals surface area contributed by atoms with E-state index in [2.05, 4.69) is 25.3 Å². The van der Waals surface area contributed by atoms with Gasteiger partial charge in [-0.15, -0.1) is 0 Å². The Kier molecular flexibility index (Phi) is 7.02. The lowest BCUT2D eigenvalue weighted by Crippen LogP contribution is -2.32. The third-order valence-electron chi connectivity index (χ3n) is 4.75. The molecule has 1 unspecified atom stereocenters. The van der Waals surface area contributed by atoms with Crippen molar-refractivity contribution in [1.82, 2.24) is 4.98 Å². The van der Waals surface area contributed by atoms with E-state index < -0.39 is 18.8 Å². The number of carbonyl (C=O) groups is 1. The summed E-state index contributed by atoms with van der Waals surface area (Å²) in [4.78, 5) is 18.6. The first-order chi connectivity index (χ1) is 14.3. The van der Waals surface area contributed by atoms with Crippen LogP contribution in [0.1, 0.15) is 26.2 Å². The summed E-state index contributed by atoms with van der Waals surface area (Å²) < 4.78 is 41.1. The molecule has 1 aromatic heterocycles. The number of ether oxygens (including phenoxy) is 1. The summed E-state index contributed by atoms with van der Waals surface area (Å²) in [5.41, 5.74) is 2.35.